The number of nitrogens with zero attached hydrogens (tertiary/aromatic N) is 5. The minimum atomic E-state index is 0.684. The van der Waals surface area contributed by atoms with E-state index in [0.717, 1.165) is 31.0 Å². The Morgan fingerprint density at radius 2 is 1.96 bits per heavy atom. The lowest BCUT2D eigenvalue weighted by molar-refractivity contribution is 0.306. The van der Waals surface area contributed by atoms with Crippen LogP contribution in [0, 0.1) is 11.3 Å². The molecular weight excluding hydrogens is 298 g/mol. The summed E-state index contributed by atoms with van der Waals surface area (Å²) in [6, 6.07) is 14.5. The number of imidazole rings is 1. The zero-order valence-corrected chi connectivity index (χ0v) is 14.1. The number of hydrogen-bond donors (Lipinski definition) is 0. The summed E-state index contributed by atoms with van der Waals surface area (Å²) in [6.07, 6.45) is 5.88. The first kappa shape index (κ1) is 16.0. The highest BCUT2D eigenvalue weighted by molar-refractivity contribution is 5.28. The van der Waals surface area contributed by atoms with Gasteiger partial charge in [-0.25, -0.2) is 4.98 Å². The van der Waals surface area contributed by atoms with Crippen molar-refractivity contribution in [3.8, 4) is 6.07 Å². The van der Waals surface area contributed by atoms with Crippen LogP contribution in [-0.4, -0.2) is 26.1 Å². The van der Waals surface area contributed by atoms with Gasteiger partial charge in [-0.3, -0.25) is 4.90 Å². The molecule has 0 saturated heterocycles. The van der Waals surface area contributed by atoms with Crippen LogP contribution in [0.3, 0.4) is 0 Å². The summed E-state index contributed by atoms with van der Waals surface area (Å²) in [6.45, 7) is 2.37. The van der Waals surface area contributed by atoms with E-state index in [1.807, 2.05) is 42.3 Å². The fraction of sp³-hybridized carbons (Fsp3) is 0.263. The Hall–Kier alpha value is -2.84. The van der Waals surface area contributed by atoms with Crippen molar-refractivity contribution >= 4 is 0 Å². The van der Waals surface area contributed by atoms with Crippen molar-refractivity contribution in [1.29, 1.82) is 5.26 Å². The van der Waals surface area contributed by atoms with Crippen molar-refractivity contribution in [3.05, 3.63) is 77.6 Å². The average Bonchev–Trinajstić information content (AvgIpc) is 3.14. The van der Waals surface area contributed by atoms with Crippen molar-refractivity contribution < 1.29 is 0 Å². The van der Waals surface area contributed by atoms with Crippen LogP contribution in [0.15, 0.2) is 55.0 Å². The second-order valence-corrected chi connectivity index (χ2v) is 6.09. The van der Waals surface area contributed by atoms with Gasteiger partial charge in [0.2, 0.25) is 0 Å². The van der Waals surface area contributed by atoms with Crippen molar-refractivity contribution in [1.82, 2.24) is 19.0 Å². The molecule has 2 aromatic heterocycles. The van der Waals surface area contributed by atoms with Gasteiger partial charge in [-0.1, -0.05) is 30.3 Å². The molecule has 3 aromatic rings. The van der Waals surface area contributed by atoms with E-state index in [-0.39, 0.29) is 0 Å². The lowest BCUT2D eigenvalue weighted by Gasteiger charge is -2.16. The number of nitriles is 1. The first-order valence-corrected chi connectivity index (χ1v) is 7.93. The Bertz CT molecular complexity index is 838. The van der Waals surface area contributed by atoms with Crippen molar-refractivity contribution in [3.63, 3.8) is 0 Å². The molecule has 0 unspecified atom stereocenters. The highest BCUT2D eigenvalue weighted by Gasteiger charge is 2.10. The fourth-order valence-electron chi connectivity index (χ4n) is 2.86. The maximum absolute atomic E-state index is 9.05. The van der Waals surface area contributed by atoms with E-state index in [1.165, 1.54) is 5.56 Å². The molecule has 0 saturated carbocycles. The van der Waals surface area contributed by atoms with E-state index >= 15 is 0 Å². The van der Waals surface area contributed by atoms with E-state index in [4.69, 9.17) is 5.26 Å². The number of aromatic nitrogens is 3. The second-order valence-electron chi connectivity index (χ2n) is 6.09. The Kier molecular flexibility index (Phi) is 4.78. The third-order valence-electron chi connectivity index (χ3n) is 4.04. The molecule has 0 spiro atoms. The van der Waals surface area contributed by atoms with Gasteiger partial charge in [0.1, 0.15) is 17.6 Å². The molecule has 0 amide bonds. The maximum Gasteiger partial charge on any atom is 0.123 e. The molecule has 0 aliphatic heterocycles. The number of aryl methyl sites for hydroxylation is 1. The van der Waals surface area contributed by atoms with Crippen molar-refractivity contribution in [2.45, 2.75) is 19.6 Å². The van der Waals surface area contributed by atoms with Gasteiger partial charge >= 0.3 is 0 Å². The smallest absolute Gasteiger partial charge is 0.123 e. The SMILES string of the molecule is CN(Cc1cc(C#N)n(C)c1)Cc1nccn1Cc1ccccc1. The Morgan fingerprint density at radius 1 is 1.17 bits per heavy atom. The summed E-state index contributed by atoms with van der Waals surface area (Å²) in [5, 5.41) is 9.05. The monoisotopic (exact) mass is 319 g/mol. The summed E-state index contributed by atoms with van der Waals surface area (Å²) >= 11 is 0. The van der Waals surface area contributed by atoms with Crippen LogP contribution in [-0.2, 0) is 26.7 Å². The number of hydrogen-bond acceptors (Lipinski definition) is 3. The van der Waals surface area contributed by atoms with Gasteiger partial charge in [0, 0.05) is 38.7 Å². The van der Waals surface area contributed by atoms with Crippen LogP contribution >= 0.6 is 0 Å². The van der Waals surface area contributed by atoms with Gasteiger partial charge in [-0.2, -0.15) is 5.26 Å². The van der Waals surface area contributed by atoms with Gasteiger partial charge in [0.25, 0.3) is 0 Å². The van der Waals surface area contributed by atoms with E-state index in [2.05, 4.69) is 51.8 Å². The van der Waals surface area contributed by atoms with E-state index in [1.54, 1.807) is 0 Å². The molecule has 1 aromatic carbocycles. The van der Waals surface area contributed by atoms with Crippen LogP contribution in [0.25, 0.3) is 0 Å². The van der Waals surface area contributed by atoms with E-state index in [0.29, 0.717) is 5.69 Å². The quantitative estimate of drug-likeness (QED) is 0.702. The summed E-state index contributed by atoms with van der Waals surface area (Å²) in [4.78, 5) is 6.71. The van der Waals surface area contributed by atoms with Crippen LogP contribution in [0.5, 0.6) is 0 Å². The summed E-state index contributed by atoms with van der Waals surface area (Å²) in [5.74, 6) is 1.04. The molecule has 0 atom stereocenters. The molecule has 5 nitrogen and oxygen atoms in total. The second kappa shape index (κ2) is 7.16. The highest BCUT2D eigenvalue weighted by Crippen LogP contribution is 2.12. The predicted octanol–water partition coefficient (Wildman–Crippen LogP) is 2.77. The molecule has 0 radical (unpaired) electrons. The first-order chi connectivity index (χ1) is 11.7. The fourth-order valence-corrected chi connectivity index (χ4v) is 2.86. The number of benzene rings is 1. The normalized spacial score (nSPS) is 10.9. The van der Waals surface area contributed by atoms with Gasteiger partial charge in [-0.15, -0.1) is 0 Å². The molecular formula is C19H21N5. The Morgan fingerprint density at radius 3 is 2.67 bits per heavy atom. The summed E-state index contributed by atoms with van der Waals surface area (Å²) < 4.78 is 4.04. The van der Waals surface area contributed by atoms with Crippen LogP contribution in [0.2, 0.25) is 0 Å². The van der Waals surface area contributed by atoms with Crippen LogP contribution < -0.4 is 0 Å². The molecule has 5 heteroatoms. The number of rotatable bonds is 6. The largest absolute Gasteiger partial charge is 0.342 e. The first-order valence-electron chi connectivity index (χ1n) is 7.93. The molecule has 0 N–H and O–H groups in total. The Balaban J connectivity index is 1.65. The van der Waals surface area contributed by atoms with Crippen molar-refractivity contribution in [2.24, 2.45) is 7.05 Å². The average molecular weight is 319 g/mol. The minimum Gasteiger partial charge on any atom is -0.342 e. The standard InChI is InChI=1S/C19H21N5/c1-22(12-17-10-18(11-20)23(2)13-17)15-19-21-8-9-24(19)14-16-6-4-3-5-7-16/h3-10,13H,12,14-15H2,1-2H3. The van der Waals surface area contributed by atoms with Gasteiger partial charge in [0.05, 0.1) is 6.54 Å². The van der Waals surface area contributed by atoms with E-state index in [9.17, 15) is 0 Å². The molecule has 0 fully saturated rings. The van der Waals surface area contributed by atoms with E-state index < -0.39 is 0 Å². The minimum absolute atomic E-state index is 0.684. The third kappa shape index (κ3) is 3.73. The molecule has 0 aliphatic carbocycles. The molecule has 122 valence electrons. The molecule has 24 heavy (non-hydrogen) atoms. The maximum atomic E-state index is 9.05. The lowest BCUT2D eigenvalue weighted by atomic mass is 10.2. The third-order valence-corrected chi connectivity index (χ3v) is 4.04. The molecule has 3 rings (SSSR count). The van der Waals surface area contributed by atoms with Gasteiger partial charge in [-0.05, 0) is 24.2 Å². The molecule has 0 bridgehead atoms. The summed E-state index contributed by atoms with van der Waals surface area (Å²) in [7, 11) is 3.97. The van der Waals surface area contributed by atoms with Gasteiger partial charge in [0.15, 0.2) is 0 Å². The zero-order valence-electron chi connectivity index (χ0n) is 14.1. The Labute approximate surface area is 142 Å². The van der Waals surface area contributed by atoms with Crippen molar-refractivity contribution in [2.75, 3.05) is 7.05 Å². The van der Waals surface area contributed by atoms with Crippen LogP contribution in [0.1, 0.15) is 22.6 Å². The van der Waals surface area contributed by atoms with Crippen LogP contribution in [0.4, 0.5) is 0 Å². The lowest BCUT2D eigenvalue weighted by Crippen LogP contribution is -2.20. The highest BCUT2D eigenvalue weighted by atomic mass is 15.2. The summed E-state index contributed by atoms with van der Waals surface area (Å²) in [5.41, 5.74) is 3.09. The molecule has 2 heterocycles. The molecule has 0 aliphatic rings. The zero-order chi connectivity index (χ0) is 16.9. The topological polar surface area (TPSA) is 49.8 Å². The van der Waals surface area contributed by atoms with Gasteiger partial charge < -0.3 is 9.13 Å². The predicted molar refractivity (Wildman–Crippen MR) is 93.1 cm³/mol.